The summed E-state index contributed by atoms with van der Waals surface area (Å²) < 4.78 is 35.7. The van der Waals surface area contributed by atoms with Crippen molar-refractivity contribution < 1.29 is 18.3 Å². The van der Waals surface area contributed by atoms with E-state index in [9.17, 15) is 13.6 Å². The zero-order valence-corrected chi connectivity index (χ0v) is 16.9. The van der Waals surface area contributed by atoms with Crippen molar-refractivity contribution in [2.24, 2.45) is 5.73 Å². The van der Waals surface area contributed by atoms with Crippen LogP contribution in [0.5, 0.6) is 5.75 Å². The average molecular weight is 444 g/mol. The summed E-state index contributed by atoms with van der Waals surface area (Å²) in [6, 6.07) is 8.25. The zero-order chi connectivity index (χ0) is 22.3. The lowest BCUT2D eigenvalue weighted by atomic mass is 10.0. The maximum Gasteiger partial charge on any atom is 0.251 e. The van der Waals surface area contributed by atoms with E-state index in [4.69, 9.17) is 27.8 Å². The molecule has 4 rings (SSSR count). The summed E-state index contributed by atoms with van der Waals surface area (Å²) in [6.45, 7) is 1.68. The van der Waals surface area contributed by atoms with Crippen molar-refractivity contribution in [1.29, 1.82) is 0 Å². The summed E-state index contributed by atoms with van der Waals surface area (Å²) in [7, 11) is 0. The molecular formula is C21H16ClF2N5O2. The van der Waals surface area contributed by atoms with Gasteiger partial charge in [0.05, 0.1) is 21.8 Å². The molecule has 0 saturated carbocycles. The van der Waals surface area contributed by atoms with Gasteiger partial charge < -0.3 is 16.2 Å². The van der Waals surface area contributed by atoms with Gasteiger partial charge in [0.25, 0.3) is 5.91 Å². The maximum absolute atomic E-state index is 14.4. The van der Waals surface area contributed by atoms with Crippen LogP contribution in [0.25, 0.3) is 16.6 Å². The van der Waals surface area contributed by atoms with Gasteiger partial charge in [0, 0.05) is 29.4 Å². The number of halogens is 3. The maximum atomic E-state index is 14.4. The molecule has 0 fully saturated rings. The molecule has 1 amide bonds. The lowest BCUT2D eigenvalue weighted by Gasteiger charge is -2.20. The number of amides is 1. The molecule has 4 N–H and O–H groups in total. The zero-order valence-electron chi connectivity index (χ0n) is 16.1. The molecule has 0 unspecified atom stereocenters. The van der Waals surface area contributed by atoms with Crippen LogP contribution in [0.1, 0.15) is 28.9 Å². The highest BCUT2D eigenvalue weighted by Gasteiger charge is 2.21. The lowest BCUT2D eigenvalue weighted by molar-refractivity contribution is 0.0996. The minimum absolute atomic E-state index is 0.0555. The molecule has 0 saturated heterocycles. The molecule has 0 aliphatic heterocycles. The van der Waals surface area contributed by atoms with Crippen LogP contribution in [0.3, 0.4) is 0 Å². The summed E-state index contributed by atoms with van der Waals surface area (Å²) in [5, 5.41) is 4.48. The molecular weight excluding hydrogens is 428 g/mol. The first-order valence-corrected chi connectivity index (χ1v) is 9.47. The van der Waals surface area contributed by atoms with Gasteiger partial charge >= 0.3 is 0 Å². The summed E-state index contributed by atoms with van der Waals surface area (Å²) in [5.74, 6) is -2.08. The Balaban J connectivity index is 1.78. The number of hydrogen-bond acceptors (Lipinski definition) is 5. The first-order valence-electron chi connectivity index (χ1n) is 9.09. The second-order valence-electron chi connectivity index (χ2n) is 6.80. The quantitative estimate of drug-likeness (QED) is 0.481. The molecule has 2 aromatic carbocycles. The van der Waals surface area contributed by atoms with Crippen LogP contribution in [-0.2, 0) is 0 Å². The Labute approximate surface area is 180 Å². The lowest BCUT2D eigenvalue weighted by Crippen LogP contribution is -2.17. The first-order chi connectivity index (χ1) is 14.7. The Morgan fingerprint density at radius 3 is 2.65 bits per heavy atom. The van der Waals surface area contributed by atoms with Crippen molar-refractivity contribution in [3.05, 3.63) is 76.6 Å². The van der Waals surface area contributed by atoms with Crippen LogP contribution in [0, 0.1) is 11.6 Å². The number of nitrogens with two attached hydrogens (primary N) is 2. The van der Waals surface area contributed by atoms with Crippen LogP contribution in [0.4, 0.5) is 14.6 Å². The minimum Gasteiger partial charge on any atom is -0.482 e. The fourth-order valence-corrected chi connectivity index (χ4v) is 3.37. The van der Waals surface area contributed by atoms with E-state index in [1.165, 1.54) is 35.1 Å². The molecule has 0 radical (unpaired) electrons. The number of nitrogens with zero attached hydrogens (tertiary/aromatic N) is 3. The Hall–Kier alpha value is -3.72. The molecule has 4 aromatic rings. The van der Waals surface area contributed by atoms with Gasteiger partial charge in [-0.25, -0.2) is 18.4 Å². The number of ether oxygens (including phenoxy) is 1. The number of primary amides is 1. The Kier molecular flexibility index (Phi) is 5.20. The molecule has 2 aromatic heterocycles. The smallest absolute Gasteiger partial charge is 0.251 e. The van der Waals surface area contributed by atoms with Gasteiger partial charge in [-0.1, -0.05) is 11.6 Å². The van der Waals surface area contributed by atoms with Crippen LogP contribution < -0.4 is 16.2 Å². The molecule has 158 valence electrons. The molecule has 7 nitrogen and oxygen atoms in total. The van der Waals surface area contributed by atoms with Gasteiger partial charge in [-0.3, -0.25) is 4.79 Å². The van der Waals surface area contributed by atoms with E-state index in [-0.39, 0.29) is 22.2 Å². The normalized spacial score (nSPS) is 12.1. The van der Waals surface area contributed by atoms with E-state index in [1.807, 2.05) is 0 Å². The number of nitrogen functional groups attached to an aromatic ring is 1. The number of anilines is 1. The SMILES string of the molecule is C[C@H](Oc1cc2cc(F)c(Cl)cc2nc1N)c1cc(C(N)=O)c(F)cc1-n1cccn1. The fourth-order valence-electron chi connectivity index (χ4n) is 3.22. The van der Waals surface area contributed by atoms with Gasteiger partial charge in [0.15, 0.2) is 11.6 Å². The molecule has 0 spiro atoms. The molecule has 0 aliphatic rings. The predicted molar refractivity (Wildman–Crippen MR) is 112 cm³/mol. The molecule has 0 aliphatic carbocycles. The third kappa shape index (κ3) is 3.87. The van der Waals surface area contributed by atoms with E-state index in [0.717, 1.165) is 6.07 Å². The molecule has 1 atom stereocenters. The summed E-state index contributed by atoms with van der Waals surface area (Å²) >= 11 is 5.80. The standard InChI is InChI=1S/C21H16ClF2N5O2/c1-10(31-19-6-11-5-16(24)14(22)8-17(11)28-20(19)25)12-7-13(21(26)30)15(23)9-18(12)29-4-2-3-27-29/h2-10H,1H3,(H2,25,28)(H2,26,30)/t10-/m0/s1. The monoisotopic (exact) mass is 443 g/mol. The Morgan fingerprint density at radius 2 is 1.97 bits per heavy atom. The third-order valence-corrected chi connectivity index (χ3v) is 5.01. The molecule has 31 heavy (non-hydrogen) atoms. The van der Waals surface area contributed by atoms with Crippen molar-refractivity contribution >= 4 is 34.2 Å². The highest BCUT2D eigenvalue weighted by molar-refractivity contribution is 6.31. The predicted octanol–water partition coefficient (Wildman–Crippen LogP) is 4.17. The second-order valence-corrected chi connectivity index (χ2v) is 7.20. The fraction of sp³-hybridized carbons (Fsp3) is 0.0952. The van der Waals surface area contributed by atoms with Crippen LogP contribution in [0.15, 0.2) is 48.8 Å². The number of hydrogen-bond donors (Lipinski definition) is 2. The molecule has 10 heteroatoms. The summed E-state index contributed by atoms with van der Waals surface area (Å²) in [5.41, 5.74) is 12.2. The molecule has 2 heterocycles. The number of pyridine rings is 1. The number of carbonyl (C=O) groups excluding carboxylic acids is 1. The van der Waals surface area contributed by atoms with Crippen molar-refractivity contribution in [3.8, 4) is 11.4 Å². The Morgan fingerprint density at radius 1 is 1.19 bits per heavy atom. The van der Waals surface area contributed by atoms with E-state index in [0.29, 0.717) is 22.2 Å². The van der Waals surface area contributed by atoms with Crippen molar-refractivity contribution in [2.45, 2.75) is 13.0 Å². The summed E-state index contributed by atoms with van der Waals surface area (Å²) in [4.78, 5) is 15.9. The Bertz CT molecular complexity index is 1310. The number of fused-ring (bicyclic) bond motifs is 1. The molecule has 0 bridgehead atoms. The summed E-state index contributed by atoms with van der Waals surface area (Å²) in [6.07, 6.45) is 2.42. The third-order valence-electron chi connectivity index (χ3n) is 4.72. The average Bonchev–Trinajstić information content (AvgIpc) is 3.24. The van der Waals surface area contributed by atoms with Crippen molar-refractivity contribution in [1.82, 2.24) is 14.8 Å². The van der Waals surface area contributed by atoms with Crippen LogP contribution in [0.2, 0.25) is 5.02 Å². The van der Waals surface area contributed by atoms with Gasteiger partial charge in [-0.2, -0.15) is 5.10 Å². The number of carbonyl (C=O) groups is 1. The van der Waals surface area contributed by atoms with Crippen molar-refractivity contribution in [2.75, 3.05) is 5.73 Å². The van der Waals surface area contributed by atoms with Crippen LogP contribution in [-0.4, -0.2) is 20.7 Å². The van der Waals surface area contributed by atoms with Crippen molar-refractivity contribution in [3.63, 3.8) is 0 Å². The van der Waals surface area contributed by atoms with Crippen LogP contribution >= 0.6 is 11.6 Å². The van der Waals surface area contributed by atoms with Gasteiger partial charge in [-0.05, 0) is 37.3 Å². The van der Waals surface area contributed by atoms with Gasteiger partial charge in [-0.15, -0.1) is 0 Å². The van der Waals surface area contributed by atoms with E-state index in [1.54, 1.807) is 19.2 Å². The number of rotatable bonds is 5. The second kappa shape index (κ2) is 7.84. The first kappa shape index (κ1) is 20.5. The minimum atomic E-state index is -0.919. The van der Waals surface area contributed by atoms with E-state index in [2.05, 4.69) is 10.1 Å². The topological polar surface area (TPSA) is 109 Å². The van der Waals surface area contributed by atoms with Gasteiger partial charge in [0.1, 0.15) is 17.7 Å². The van der Waals surface area contributed by atoms with Gasteiger partial charge in [0.2, 0.25) is 0 Å². The highest BCUT2D eigenvalue weighted by atomic mass is 35.5. The number of aromatic nitrogens is 3. The highest BCUT2D eigenvalue weighted by Crippen LogP contribution is 2.33. The van der Waals surface area contributed by atoms with E-state index >= 15 is 0 Å². The largest absolute Gasteiger partial charge is 0.482 e. The van der Waals surface area contributed by atoms with E-state index < -0.39 is 23.6 Å². The number of benzene rings is 2.